The zero-order valence-corrected chi connectivity index (χ0v) is 10.5. The molecule has 0 atom stereocenters. The molecule has 1 aliphatic heterocycles. The summed E-state index contributed by atoms with van der Waals surface area (Å²) in [7, 11) is 0. The molecule has 0 spiro atoms. The van der Waals surface area contributed by atoms with Crippen LogP contribution in [-0.2, 0) is 11.3 Å². The van der Waals surface area contributed by atoms with Crippen molar-refractivity contribution in [1.29, 1.82) is 0 Å². The molecule has 0 aliphatic carbocycles. The van der Waals surface area contributed by atoms with Gasteiger partial charge < -0.3 is 4.74 Å². The van der Waals surface area contributed by atoms with Crippen molar-refractivity contribution in [3.8, 4) is 0 Å². The van der Waals surface area contributed by atoms with Gasteiger partial charge in [-0.2, -0.15) is 0 Å². The molecule has 0 amide bonds. The zero-order chi connectivity index (χ0) is 11.9. The fourth-order valence-electron chi connectivity index (χ4n) is 2.21. The van der Waals surface area contributed by atoms with Crippen molar-refractivity contribution in [2.24, 2.45) is 0 Å². The van der Waals surface area contributed by atoms with Crippen molar-refractivity contribution >= 4 is 5.76 Å². The molecule has 0 unspecified atom stereocenters. The maximum atomic E-state index is 5.57. The molecular formula is C14H19NO. The first-order valence-corrected chi connectivity index (χ1v) is 5.86. The van der Waals surface area contributed by atoms with Crippen LogP contribution in [0.1, 0.15) is 61.9 Å². The van der Waals surface area contributed by atoms with Gasteiger partial charge in [0.25, 0.3) is 0 Å². The molecule has 0 bridgehead atoms. The van der Waals surface area contributed by atoms with Gasteiger partial charge in [-0.25, -0.2) is 0 Å². The molecule has 0 fully saturated rings. The quantitative estimate of drug-likeness (QED) is 0.751. The second-order valence-corrected chi connectivity index (χ2v) is 4.97. The minimum Gasteiger partial charge on any atom is -0.489 e. The van der Waals surface area contributed by atoms with Crippen LogP contribution >= 0.6 is 0 Å². The van der Waals surface area contributed by atoms with Gasteiger partial charge in [-0.3, -0.25) is 4.98 Å². The van der Waals surface area contributed by atoms with E-state index in [9.17, 15) is 0 Å². The van der Waals surface area contributed by atoms with Gasteiger partial charge in [0, 0.05) is 17.3 Å². The lowest BCUT2D eigenvalue weighted by molar-refractivity contribution is 0.285. The second-order valence-electron chi connectivity index (χ2n) is 4.97. The Kier molecular flexibility index (Phi) is 2.75. The fourth-order valence-corrected chi connectivity index (χ4v) is 2.21. The highest BCUT2D eigenvalue weighted by atomic mass is 16.5. The molecule has 2 rings (SSSR count). The van der Waals surface area contributed by atoms with Gasteiger partial charge in [0.05, 0.1) is 5.69 Å². The summed E-state index contributed by atoms with van der Waals surface area (Å²) in [5.41, 5.74) is 4.85. The molecule has 1 aromatic heterocycles. The molecule has 0 aromatic carbocycles. The summed E-state index contributed by atoms with van der Waals surface area (Å²) >= 11 is 0. The van der Waals surface area contributed by atoms with Crippen LogP contribution < -0.4 is 0 Å². The molecule has 16 heavy (non-hydrogen) atoms. The molecule has 2 nitrogen and oxygen atoms in total. The number of ether oxygens (including phenoxy) is 1. The van der Waals surface area contributed by atoms with Gasteiger partial charge in [-0.1, -0.05) is 34.3 Å². The molecule has 2 heteroatoms. The first-order chi connectivity index (χ1) is 7.52. The van der Waals surface area contributed by atoms with Crippen LogP contribution in [0.15, 0.2) is 12.8 Å². The summed E-state index contributed by atoms with van der Waals surface area (Å²) < 4.78 is 5.57. The summed E-state index contributed by atoms with van der Waals surface area (Å²) in [6.07, 6.45) is 2.00. The smallest absolute Gasteiger partial charge is 0.122 e. The largest absolute Gasteiger partial charge is 0.489 e. The van der Waals surface area contributed by atoms with Crippen LogP contribution in [0.25, 0.3) is 5.76 Å². The van der Waals surface area contributed by atoms with E-state index in [0.29, 0.717) is 18.4 Å². The maximum Gasteiger partial charge on any atom is 0.122 e. The highest BCUT2D eigenvalue weighted by Gasteiger charge is 2.26. The molecule has 86 valence electrons. The Morgan fingerprint density at radius 3 is 2.50 bits per heavy atom. The average molecular weight is 217 g/mol. The van der Waals surface area contributed by atoms with Crippen molar-refractivity contribution in [3.05, 3.63) is 35.2 Å². The predicted molar refractivity (Wildman–Crippen MR) is 66.2 cm³/mol. The Morgan fingerprint density at radius 1 is 1.25 bits per heavy atom. The standard InChI is InChI=1S/C14H19NO/c1-8(2)11-6-15-14(9(3)4)13-10(5)16-7-12(11)13/h6,8-9H,5,7H2,1-4H3. The van der Waals surface area contributed by atoms with Crippen LogP contribution in [-0.4, -0.2) is 4.98 Å². The summed E-state index contributed by atoms with van der Waals surface area (Å²) in [4.78, 5) is 4.58. The van der Waals surface area contributed by atoms with Crippen molar-refractivity contribution in [2.75, 3.05) is 0 Å². The lowest BCUT2D eigenvalue weighted by atomic mass is 9.92. The van der Waals surface area contributed by atoms with E-state index in [4.69, 9.17) is 4.74 Å². The molecular weight excluding hydrogens is 198 g/mol. The van der Waals surface area contributed by atoms with Crippen LogP contribution in [0.3, 0.4) is 0 Å². The van der Waals surface area contributed by atoms with Crippen LogP contribution in [0, 0.1) is 0 Å². The highest BCUT2D eigenvalue weighted by Crippen LogP contribution is 2.37. The predicted octanol–water partition coefficient (Wildman–Crippen LogP) is 3.83. The Hall–Kier alpha value is -1.31. The molecule has 1 aliphatic rings. The van der Waals surface area contributed by atoms with E-state index < -0.39 is 0 Å². The fraction of sp³-hybridized carbons (Fsp3) is 0.500. The van der Waals surface area contributed by atoms with Crippen LogP contribution in [0.2, 0.25) is 0 Å². The highest BCUT2D eigenvalue weighted by molar-refractivity contribution is 5.68. The van der Waals surface area contributed by atoms with E-state index in [1.807, 2.05) is 6.20 Å². The van der Waals surface area contributed by atoms with Crippen LogP contribution in [0.4, 0.5) is 0 Å². The molecule has 0 saturated heterocycles. The summed E-state index contributed by atoms with van der Waals surface area (Å²) in [5.74, 6) is 1.68. The minimum atomic E-state index is 0.411. The molecule has 0 radical (unpaired) electrons. The first-order valence-electron chi connectivity index (χ1n) is 5.86. The average Bonchev–Trinajstić information content (AvgIpc) is 2.59. The number of pyridine rings is 1. The molecule has 0 N–H and O–H groups in total. The number of hydrogen-bond acceptors (Lipinski definition) is 2. The third kappa shape index (κ3) is 1.62. The van der Waals surface area contributed by atoms with Gasteiger partial charge in [0.15, 0.2) is 0 Å². The summed E-state index contributed by atoms with van der Waals surface area (Å²) in [6, 6.07) is 0. The van der Waals surface area contributed by atoms with E-state index in [1.165, 1.54) is 11.1 Å². The van der Waals surface area contributed by atoms with E-state index in [1.54, 1.807) is 0 Å². The number of aromatic nitrogens is 1. The zero-order valence-electron chi connectivity index (χ0n) is 10.5. The molecule has 1 aromatic rings. The second kappa shape index (κ2) is 3.93. The van der Waals surface area contributed by atoms with Gasteiger partial charge in [-0.15, -0.1) is 0 Å². The van der Waals surface area contributed by atoms with Gasteiger partial charge in [0.1, 0.15) is 12.4 Å². The lowest BCUT2D eigenvalue weighted by Crippen LogP contribution is -2.04. The Balaban J connectivity index is 2.64. The van der Waals surface area contributed by atoms with Crippen molar-refractivity contribution in [3.63, 3.8) is 0 Å². The van der Waals surface area contributed by atoms with Crippen molar-refractivity contribution in [1.82, 2.24) is 4.98 Å². The van der Waals surface area contributed by atoms with E-state index >= 15 is 0 Å². The monoisotopic (exact) mass is 217 g/mol. The molecule has 0 saturated carbocycles. The number of fused-ring (bicyclic) bond motifs is 1. The lowest BCUT2D eigenvalue weighted by Gasteiger charge is -2.14. The Morgan fingerprint density at radius 2 is 1.94 bits per heavy atom. The van der Waals surface area contributed by atoms with Gasteiger partial charge in [-0.05, 0) is 17.4 Å². The van der Waals surface area contributed by atoms with Gasteiger partial charge in [0.2, 0.25) is 0 Å². The van der Waals surface area contributed by atoms with Crippen LogP contribution in [0.5, 0.6) is 0 Å². The van der Waals surface area contributed by atoms with E-state index in [2.05, 4.69) is 39.3 Å². The van der Waals surface area contributed by atoms with Crippen molar-refractivity contribution < 1.29 is 4.74 Å². The number of rotatable bonds is 2. The summed E-state index contributed by atoms with van der Waals surface area (Å²) in [5, 5.41) is 0. The topological polar surface area (TPSA) is 22.1 Å². The minimum absolute atomic E-state index is 0.411. The van der Waals surface area contributed by atoms with E-state index in [-0.39, 0.29) is 0 Å². The van der Waals surface area contributed by atoms with Gasteiger partial charge >= 0.3 is 0 Å². The summed E-state index contributed by atoms with van der Waals surface area (Å²) in [6.45, 7) is 13.3. The maximum absolute atomic E-state index is 5.57. The third-order valence-corrected chi connectivity index (χ3v) is 3.09. The van der Waals surface area contributed by atoms with Crippen molar-refractivity contribution in [2.45, 2.75) is 46.1 Å². The number of nitrogens with zero attached hydrogens (tertiary/aromatic N) is 1. The van der Waals surface area contributed by atoms with E-state index in [0.717, 1.165) is 17.0 Å². The Labute approximate surface area is 97.4 Å². The Bertz CT molecular complexity index is 433. The SMILES string of the molecule is C=C1OCc2c(C(C)C)cnc(C(C)C)c21. The first kappa shape index (κ1) is 11.2. The molecule has 2 heterocycles. The third-order valence-electron chi connectivity index (χ3n) is 3.09. The number of hydrogen-bond donors (Lipinski definition) is 0. The normalized spacial score (nSPS) is 14.5.